The topological polar surface area (TPSA) is 44.8 Å². The van der Waals surface area contributed by atoms with Crippen LogP contribution in [0, 0.1) is 0 Å². The molecular weight excluding hydrogens is 326 g/mol. The predicted molar refractivity (Wildman–Crippen MR) is 104 cm³/mol. The van der Waals surface area contributed by atoms with Crippen molar-refractivity contribution < 1.29 is 9.53 Å². The summed E-state index contributed by atoms with van der Waals surface area (Å²) >= 11 is 0. The third kappa shape index (κ3) is 2.77. The number of nitrogens with zero attached hydrogens (tertiary/aromatic N) is 2. The Morgan fingerprint density at radius 3 is 2.81 bits per heavy atom. The Labute approximate surface area is 154 Å². The summed E-state index contributed by atoms with van der Waals surface area (Å²) in [5.74, 6) is 0. The smallest absolute Gasteiger partial charge is 0.407 e. The Bertz CT molecular complexity index is 821. The average Bonchev–Trinajstić information content (AvgIpc) is 3.05. The molecule has 0 radical (unpaired) electrons. The third-order valence-electron chi connectivity index (χ3n) is 5.32. The molecule has 0 saturated heterocycles. The van der Waals surface area contributed by atoms with Gasteiger partial charge in [-0.1, -0.05) is 30.3 Å². The van der Waals surface area contributed by atoms with Gasteiger partial charge in [-0.25, -0.2) is 4.79 Å². The van der Waals surface area contributed by atoms with E-state index in [9.17, 15) is 4.79 Å². The zero-order valence-corrected chi connectivity index (χ0v) is 15.4. The van der Waals surface area contributed by atoms with Crippen LogP contribution in [0.3, 0.4) is 0 Å². The maximum absolute atomic E-state index is 11.6. The van der Waals surface area contributed by atoms with Crippen molar-refractivity contribution >= 4 is 23.2 Å². The fourth-order valence-corrected chi connectivity index (χ4v) is 4.15. The van der Waals surface area contributed by atoms with Crippen LogP contribution in [0.25, 0.3) is 0 Å². The van der Waals surface area contributed by atoms with Gasteiger partial charge in [0.15, 0.2) is 0 Å². The van der Waals surface area contributed by atoms with Crippen LogP contribution in [-0.4, -0.2) is 32.3 Å². The van der Waals surface area contributed by atoms with Crippen molar-refractivity contribution in [3.8, 4) is 0 Å². The van der Waals surface area contributed by atoms with Crippen LogP contribution in [-0.2, 0) is 11.2 Å². The molecule has 136 valence electrons. The minimum Gasteiger partial charge on any atom is -0.450 e. The highest BCUT2D eigenvalue weighted by molar-refractivity contribution is 5.85. The van der Waals surface area contributed by atoms with Gasteiger partial charge in [0.1, 0.15) is 0 Å². The summed E-state index contributed by atoms with van der Waals surface area (Å²) in [6.45, 7) is 6.75. The fourth-order valence-electron chi connectivity index (χ4n) is 4.15. The second-order valence-corrected chi connectivity index (χ2v) is 6.76. The molecule has 2 aromatic carbocycles. The van der Waals surface area contributed by atoms with E-state index in [0.717, 1.165) is 19.5 Å². The van der Waals surface area contributed by atoms with Gasteiger partial charge in [-0.05, 0) is 43.5 Å². The first-order chi connectivity index (χ1) is 12.7. The number of nitrogens with one attached hydrogen (secondary N) is 1. The van der Waals surface area contributed by atoms with Gasteiger partial charge in [-0.3, -0.25) is 0 Å². The van der Waals surface area contributed by atoms with Crippen LogP contribution in [0.15, 0.2) is 42.5 Å². The summed E-state index contributed by atoms with van der Waals surface area (Å²) in [7, 11) is 0. The number of carbonyl (C=O) groups is 1. The van der Waals surface area contributed by atoms with Crippen molar-refractivity contribution in [3.05, 3.63) is 53.6 Å². The quantitative estimate of drug-likeness (QED) is 0.904. The van der Waals surface area contributed by atoms with Gasteiger partial charge in [0.05, 0.1) is 24.0 Å². The Kier molecular flexibility index (Phi) is 4.45. The standard InChI is InChI=1S/C21H25N3O2/c1-3-26-21(25)22-12-14-23-15(2)17-8-6-7-16-11-13-24(20(16)17)19-10-5-4-9-18(19)23/h4-10,15H,3,11-14H2,1-2H3,(H,22,25). The molecule has 1 atom stereocenters. The van der Waals surface area contributed by atoms with E-state index in [-0.39, 0.29) is 12.1 Å². The number of amides is 1. The Balaban J connectivity index is 1.68. The minimum absolute atomic E-state index is 0.234. The lowest BCUT2D eigenvalue weighted by atomic mass is 10.0. The number of hydrogen-bond donors (Lipinski definition) is 1. The fraction of sp³-hybridized carbons (Fsp3) is 0.381. The van der Waals surface area contributed by atoms with Gasteiger partial charge < -0.3 is 19.9 Å². The van der Waals surface area contributed by atoms with E-state index in [0.29, 0.717) is 13.2 Å². The number of para-hydroxylation sites is 3. The van der Waals surface area contributed by atoms with Gasteiger partial charge in [0.25, 0.3) is 0 Å². The van der Waals surface area contributed by atoms with Crippen molar-refractivity contribution in [3.63, 3.8) is 0 Å². The van der Waals surface area contributed by atoms with E-state index in [1.54, 1.807) is 0 Å². The lowest BCUT2D eigenvalue weighted by molar-refractivity contribution is 0.152. The van der Waals surface area contributed by atoms with Crippen LogP contribution in [0.1, 0.15) is 31.0 Å². The van der Waals surface area contributed by atoms with Crippen LogP contribution in [0.2, 0.25) is 0 Å². The summed E-state index contributed by atoms with van der Waals surface area (Å²) in [6, 6.07) is 15.4. The average molecular weight is 351 g/mol. The Morgan fingerprint density at radius 2 is 2.00 bits per heavy atom. The maximum atomic E-state index is 11.6. The van der Waals surface area contributed by atoms with Crippen molar-refractivity contribution in [1.29, 1.82) is 0 Å². The molecule has 0 aromatic heterocycles. The van der Waals surface area contributed by atoms with Crippen molar-refractivity contribution in [2.24, 2.45) is 0 Å². The molecule has 0 saturated carbocycles. The van der Waals surface area contributed by atoms with E-state index >= 15 is 0 Å². The lowest BCUT2D eigenvalue weighted by Crippen LogP contribution is -2.36. The van der Waals surface area contributed by atoms with Gasteiger partial charge in [-0.15, -0.1) is 0 Å². The highest BCUT2D eigenvalue weighted by Gasteiger charge is 2.33. The van der Waals surface area contributed by atoms with E-state index in [1.165, 1.54) is 28.2 Å². The van der Waals surface area contributed by atoms with Crippen LogP contribution >= 0.6 is 0 Å². The summed E-state index contributed by atoms with van der Waals surface area (Å²) in [6.07, 6.45) is 0.739. The first-order valence-corrected chi connectivity index (χ1v) is 9.36. The number of carbonyl (C=O) groups excluding carboxylic acids is 1. The summed E-state index contributed by atoms with van der Waals surface area (Å²) in [5.41, 5.74) is 6.62. The van der Waals surface area contributed by atoms with E-state index in [2.05, 4.69) is 64.5 Å². The monoisotopic (exact) mass is 351 g/mol. The van der Waals surface area contributed by atoms with Crippen molar-refractivity contribution in [2.45, 2.75) is 26.3 Å². The van der Waals surface area contributed by atoms with Crippen molar-refractivity contribution in [1.82, 2.24) is 5.32 Å². The SMILES string of the molecule is CCOC(=O)NCCN1c2ccccc2N2CCc3cccc(c32)C1C. The van der Waals surface area contributed by atoms with Crippen LogP contribution in [0.5, 0.6) is 0 Å². The van der Waals surface area contributed by atoms with Gasteiger partial charge in [0.2, 0.25) is 0 Å². The highest BCUT2D eigenvalue weighted by atomic mass is 16.5. The number of hydrogen-bond acceptors (Lipinski definition) is 4. The first kappa shape index (κ1) is 16.8. The van der Waals surface area contributed by atoms with Crippen LogP contribution < -0.4 is 15.1 Å². The Morgan fingerprint density at radius 1 is 1.19 bits per heavy atom. The van der Waals surface area contributed by atoms with Crippen LogP contribution in [0.4, 0.5) is 21.9 Å². The van der Waals surface area contributed by atoms with Gasteiger partial charge >= 0.3 is 6.09 Å². The summed E-state index contributed by atoms with van der Waals surface area (Å²) in [5, 5.41) is 2.85. The molecule has 0 spiro atoms. The molecule has 2 aliphatic heterocycles. The zero-order chi connectivity index (χ0) is 18.1. The molecule has 5 nitrogen and oxygen atoms in total. The van der Waals surface area contributed by atoms with E-state index in [4.69, 9.17) is 4.74 Å². The first-order valence-electron chi connectivity index (χ1n) is 9.36. The molecule has 0 fully saturated rings. The van der Waals surface area contributed by atoms with Gasteiger partial charge in [-0.2, -0.15) is 0 Å². The lowest BCUT2D eigenvalue weighted by Gasteiger charge is -2.31. The third-order valence-corrected chi connectivity index (χ3v) is 5.32. The largest absolute Gasteiger partial charge is 0.450 e. The molecule has 0 bridgehead atoms. The molecule has 4 rings (SSSR count). The molecule has 1 unspecified atom stereocenters. The second kappa shape index (κ2) is 6.90. The Hall–Kier alpha value is -2.69. The minimum atomic E-state index is -0.353. The van der Waals surface area contributed by atoms with E-state index in [1.807, 2.05) is 6.92 Å². The summed E-state index contributed by atoms with van der Waals surface area (Å²) in [4.78, 5) is 16.5. The predicted octanol–water partition coefficient (Wildman–Crippen LogP) is 4.01. The molecule has 1 N–H and O–H groups in total. The molecule has 2 heterocycles. The molecule has 0 aliphatic carbocycles. The zero-order valence-electron chi connectivity index (χ0n) is 15.4. The number of rotatable bonds is 4. The normalized spacial score (nSPS) is 17.4. The van der Waals surface area contributed by atoms with Crippen molar-refractivity contribution in [2.75, 3.05) is 36.0 Å². The summed E-state index contributed by atoms with van der Waals surface area (Å²) < 4.78 is 4.97. The maximum Gasteiger partial charge on any atom is 0.407 e. The number of benzene rings is 2. The second-order valence-electron chi connectivity index (χ2n) is 6.76. The molecular formula is C21H25N3O2. The number of anilines is 3. The molecule has 2 aromatic rings. The number of fused-ring (bicyclic) bond motifs is 2. The molecule has 1 amide bonds. The number of ether oxygens (including phenoxy) is 1. The molecule has 2 aliphatic rings. The molecule has 5 heteroatoms. The van der Waals surface area contributed by atoms with E-state index < -0.39 is 0 Å². The number of alkyl carbamates (subject to hydrolysis) is 1. The van der Waals surface area contributed by atoms with Gasteiger partial charge in [0, 0.05) is 25.3 Å². The molecule has 26 heavy (non-hydrogen) atoms. The highest BCUT2D eigenvalue weighted by Crippen LogP contribution is 2.48.